The topological polar surface area (TPSA) is 59.8 Å². The highest BCUT2D eigenvalue weighted by molar-refractivity contribution is 9.10. The summed E-state index contributed by atoms with van der Waals surface area (Å²) in [5.41, 5.74) is 4.64. The first-order valence-corrected chi connectivity index (χ1v) is 10.8. The van der Waals surface area contributed by atoms with Gasteiger partial charge in [-0.2, -0.15) is 0 Å². The van der Waals surface area contributed by atoms with Crippen LogP contribution in [0.5, 0.6) is 0 Å². The van der Waals surface area contributed by atoms with Crippen molar-refractivity contribution in [1.29, 1.82) is 0 Å². The number of thioether (sulfide) groups is 1. The lowest BCUT2D eigenvalue weighted by molar-refractivity contribution is -0.119. The molecule has 0 radical (unpaired) electrons. The summed E-state index contributed by atoms with van der Waals surface area (Å²) >= 11 is 4.82. The second kappa shape index (κ2) is 9.39. The zero-order chi connectivity index (χ0) is 20.1. The van der Waals surface area contributed by atoms with Gasteiger partial charge >= 0.3 is 0 Å². The number of hydrogen-bond donors (Lipinski definition) is 1. The Morgan fingerprint density at radius 3 is 2.64 bits per heavy atom. The van der Waals surface area contributed by atoms with Gasteiger partial charge in [0, 0.05) is 16.2 Å². The summed E-state index contributed by atoms with van der Waals surface area (Å²) in [5, 5.41) is 11.9. The van der Waals surface area contributed by atoms with Crippen molar-refractivity contribution < 1.29 is 4.79 Å². The third kappa shape index (κ3) is 5.45. The Hall–Kier alpha value is -2.12. The second-order valence-corrected chi connectivity index (χ2v) is 8.70. The van der Waals surface area contributed by atoms with E-state index in [1.54, 1.807) is 6.33 Å². The molecule has 0 bridgehead atoms. The van der Waals surface area contributed by atoms with Gasteiger partial charge < -0.3 is 5.32 Å². The van der Waals surface area contributed by atoms with Gasteiger partial charge in [0.2, 0.25) is 5.91 Å². The molecule has 1 aromatic heterocycles. The third-order valence-corrected chi connectivity index (χ3v) is 5.95. The summed E-state index contributed by atoms with van der Waals surface area (Å²) in [4.78, 5) is 12.3. The lowest BCUT2D eigenvalue weighted by Gasteiger charge is -2.14. The highest BCUT2D eigenvalue weighted by Crippen LogP contribution is 2.21. The number of nitrogens with one attached hydrogen (secondary N) is 1. The minimum Gasteiger partial charge on any atom is -0.353 e. The molecular formula is C21H23BrN4OS. The number of rotatable bonds is 7. The number of amides is 1. The van der Waals surface area contributed by atoms with Gasteiger partial charge in [0.05, 0.1) is 5.75 Å². The van der Waals surface area contributed by atoms with E-state index in [0.29, 0.717) is 10.9 Å². The van der Waals surface area contributed by atoms with Crippen molar-refractivity contribution in [3.63, 3.8) is 0 Å². The third-order valence-electron chi connectivity index (χ3n) is 4.48. The maximum Gasteiger partial charge on any atom is 0.230 e. The van der Waals surface area contributed by atoms with Crippen molar-refractivity contribution in [3.8, 4) is 5.69 Å². The SMILES string of the molecule is Cc1ccc(-n2cnnc2SCC(=O)NC(C)Cc2ccc(Br)cc2)cc1C. The van der Waals surface area contributed by atoms with Gasteiger partial charge in [-0.3, -0.25) is 9.36 Å². The summed E-state index contributed by atoms with van der Waals surface area (Å²) in [6.07, 6.45) is 2.48. The molecule has 0 aliphatic heterocycles. The number of hydrogen-bond acceptors (Lipinski definition) is 4. The normalized spacial score (nSPS) is 12.0. The molecule has 1 atom stereocenters. The Labute approximate surface area is 178 Å². The molecule has 0 saturated carbocycles. The van der Waals surface area contributed by atoms with Gasteiger partial charge in [-0.25, -0.2) is 0 Å². The van der Waals surface area contributed by atoms with Gasteiger partial charge in [-0.15, -0.1) is 10.2 Å². The molecule has 0 spiro atoms. The molecule has 5 nitrogen and oxygen atoms in total. The Bertz CT molecular complexity index is 955. The molecule has 1 amide bonds. The van der Waals surface area contributed by atoms with Crippen LogP contribution in [0, 0.1) is 13.8 Å². The molecule has 3 aromatic rings. The standard InChI is InChI=1S/C21H23BrN4OS/c1-14-4-9-19(10-15(14)2)26-13-23-25-21(26)28-12-20(27)24-16(3)11-17-5-7-18(22)8-6-17/h4-10,13,16H,11-12H2,1-3H3,(H,24,27). The second-order valence-electron chi connectivity index (χ2n) is 6.84. The molecule has 1 unspecified atom stereocenters. The zero-order valence-electron chi connectivity index (χ0n) is 16.1. The molecule has 28 heavy (non-hydrogen) atoms. The van der Waals surface area contributed by atoms with Crippen LogP contribution in [0.2, 0.25) is 0 Å². The van der Waals surface area contributed by atoms with Gasteiger partial charge in [-0.05, 0) is 68.1 Å². The Kier molecular flexibility index (Phi) is 6.91. The minimum absolute atomic E-state index is 0.00996. The molecule has 0 aliphatic carbocycles. The van der Waals surface area contributed by atoms with Crippen LogP contribution in [0.1, 0.15) is 23.6 Å². The number of aryl methyl sites for hydroxylation is 2. The van der Waals surface area contributed by atoms with Crippen molar-refractivity contribution in [2.24, 2.45) is 0 Å². The zero-order valence-corrected chi connectivity index (χ0v) is 18.5. The van der Waals surface area contributed by atoms with Gasteiger partial charge in [0.25, 0.3) is 0 Å². The van der Waals surface area contributed by atoms with E-state index in [1.807, 2.05) is 29.7 Å². The van der Waals surface area contributed by atoms with Crippen LogP contribution < -0.4 is 5.32 Å². The van der Waals surface area contributed by atoms with Crippen LogP contribution in [0.3, 0.4) is 0 Å². The fourth-order valence-electron chi connectivity index (χ4n) is 2.85. The molecule has 1 N–H and O–H groups in total. The number of halogens is 1. The van der Waals surface area contributed by atoms with E-state index in [4.69, 9.17) is 0 Å². The van der Waals surface area contributed by atoms with Crippen LogP contribution >= 0.6 is 27.7 Å². The Morgan fingerprint density at radius 2 is 1.93 bits per heavy atom. The van der Waals surface area contributed by atoms with Crippen molar-refractivity contribution in [2.45, 2.75) is 38.4 Å². The quantitative estimate of drug-likeness (QED) is 0.529. The summed E-state index contributed by atoms with van der Waals surface area (Å²) in [6.45, 7) is 6.18. The Morgan fingerprint density at radius 1 is 1.18 bits per heavy atom. The highest BCUT2D eigenvalue weighted by atomic mass is 79.9. The van der Waals surface area contributed by atoms with Gasteiger partial charge in [0.15, 0.2) is 5.16 Å². The average Bonchev–Trinajstić information content (AvgIpc) is 3.13. The molecule has 0 fully saturated rings. The molecule has 2 aromatic carbocycles. The number of nitrogens with zero attached hydrogens (tertiary/aromatic N) is 3. The molecule has 1 heterocycles. The first kappa shape index (κ1) is 20.6. The minimum atomic E-state index is -0.00996. The van der Waals surface area contributed by atoms with Crippen molar-refractivity contribution in [3.05, 3.63) is 70.0 Å². The fraction of sp³-hybridized carbons (Fsp3) is 0.286. The predicted molar refractivity (Wildman–Crippen MR) is 117 cm³/mol. The lowest BCUT2D eigenvalue weighted by atomic mass is 10.1. The van der Waals surface area contributed by atoms with E-state index < -0.39 is 0 Å². The largest absolute Gasteiger partial charge is 0.353 e. The van der Waals surface area contributed by atoms with Gasteiger partial charge in [0.1, 0.15) is 6.33 Å². The molecule has 146 valence electrons. The first-order chi connectivity index (χ1) is 13.4. The number of carbonyl (C=O) groups excluding carboxylic acids is 1. The van der Waals surface area contributed by atoms with Crippen molar-refractivity contribution in [1.82, 2.24) is 20.1 Å². The molecule has 3 rings (SSSR count). The number of carbonyl (C=O) groups is 1. The first-order valence-electron chi connectivity index (χ1n) is 9.06. The van der Waals surface area contributed by atoms with E-state index in [9.17, 15) is 4.79 Å². The predicted octanol–water partition coefficient (Wildman–Crippen LogP) is 4.49. The maximum atomic E-state index is 12.3. The van der Waals surface area contributed by atoms with E-state index in [1.165, 1.54) is 28.5 Å². The molecule has 0 aliphatic rings. The van der Waals surface area contributed by atoms with Gasteiger partial charge in [-0.1, -0.05) is 45.9 Å². The van der Waals surface area contributed by atoms with E-state index in [2.05, 4.69) is 69.6 Å². The highest BCUT2D eigenvalue weighted by Gasteiger charge is 2.13. The summed E-state index contributed by atoms with van der Waals surface area (Å²) in [7, 11) is 0. The van der Waals surface area contributed by atoms with Crippen LogP contribution in [0.15, 0.2) is 58.4 Å². The van der Waals surface area contributed by atoms with Crippen LogP contribution in [0.25, 0.3) is 5.69 Å². The smallest absolute Gasteiger partial charge is 0.230 e. The summed E-state index contributed by atoms with van der Waals surface area (Å²) in [6, 6.07) is 14.4. The number of benzene rings is 2. The van der Waals surface area contributed by atoms with Crippen molar-refractivity contribution in [2.75, 3.05) is 5.75 Å². The van der Waals surface area contributed by atoms with Crippen LogP contribution in [0.4, 0.5) is 0 Å². The molecule has 7 heteroatoms. The van der Waals surface area contributed by atoms with Crippen LogP contribution in [-0.4, -0.2) is 32.5 Å². The monoisotopic (exact) mass is 458 g/mol. The molecular weight excluding hydrogens is 436 g/mol. The van der Waals surface area contributed by atoms with E-state index in [-0.39, 0.29) is 11.9 Å². The van der Waals surface area contributed by atoms with Crippen LogP contribution in [-0.2, 0) is 11.2 Å². The van der Waals surface area contributed by atoms with E-state index >= 15 is 0 Å². The Balaban J connectivity index is 1.55. The average molecular weight is 459 g/mol. The number of aromatic nitrogens is 3. The summed E-state index contributed by atoms with van der Waals surface area (Å²) in [5.74, 6) is 0.290. The maximum absolute atomic E-state index is 12.3. The molecule has 0 saturated heterocycles. The summed E-state index contributed by atoms with van der Waals surface area (Å²) < 4.78 is 2.97. The van der Waals surface area contributed by atoms with Crippen molar-refractivity contribution >= 4 is 33.6 Å². The lowest BCUT2D eigenvalue weighted by Crippen LogP contribution is -2.35. The fourth-order valence-corrected chi connectivity index (χ4v) is 3.85. The van der Waals surface area contributed by atoms with E-state index in [0.717, 1.165) is 16.6 Å².